The highest BCUT2D eigenvalue weighted by atomic mass is 31.2. The van der Waals surface area contributed by atoms with Crippen molar-refractivity contribution >= 4 is 13.7 Å². The summed E-state index contributed by atoms with van der Waals surface area (Å²) in [5.41, 5.74) is 0. The largest absolute Gasteiger partial charge is 0.756 e. The molecule has 0 aliphatic rings. The van der Waals surface area contributed by atoms with E-state index in [-0.39, 0.29) is 19.1 Å². The molecule has 3 atom stereocenters. The van der Waals surface area contributed by atoms with E-state index in [1.165, 1.54) is 250 Å². The van der Waals surface area contributed by atoms with Crippen molar-refractivity contribution in [2.45, 2.75) is 328 Å². The molecule has 0 fully saturated rings. The SMILES string of the molecule is CCCCCCCCCCCCCCCCCCCCCCCCCCCCCCCCCCCCCC(=O)N[C@@H](COP(=O)([O-])OCC[N+](C)(C)C)[C@H](O)CCCCCCCCCCCC. The molecule has 0 spiro atoms. The molecule has 0 heterocycles. The van der Waals surface area contributed by atoms with Crippen LogP contribution in [0.1, 0.15) is 316 Å². The molecule has 0 aromatic rings. The zero-order chi connectivity index (χ0) is 49.2. The predicted molar refractivity (Wildman–Crippen MR) is 289 cm³/mol. The van der Waals surface area contributed by atoms with Crippen molar-refractivity contribution in [2.75, 3.05) is 40.9 Å². The Kier molecular flexibility index (Phi) is 50.1. The number of quaternary nitrogens is 1. The molecule has 9 heteroatoms. The van der Waals surface area contributed by atoms with Crippen molar-refractivity contribution in [1.82, 2.24) is 5.32 Å². The van der Waals surface area contributed by atoms with E-state index in [2.05, 4.69) is 19.2 Å². The van der Waals surface area contributed by atoms with Crippen LogP contribution in [-0.2, 0) is 18.4 Å². The third kappa shape index (κ3) is 53.1. The third-order valence-electron chi connectivity index (χ3n) is 14.1. The molecule has 0 saturated heterocycles. The summed E-state index contributed by atoms with van der Waals surface area (Å²) in [5, 5.41) is 13.9. The highest BCUT2D eigenvalue weighted by molar-refractivity contribution is 7.45. The summed E-state index contributed by atoms with van der Waals surface area (Å²) in [7, 11) is 1.32. The average Bonchev–Trinajstić information content (AvgIpc) is 3.29. The van der Waals surface area contributed by atoms with Gasteiger partial charge in [0.05, 0.1) is 39.9 Å². The minimum absolute atomic E-state index is 0.0161. The first kappa shape index (κ1) is 66.5. The number of aliphatic hydroxyl groups is 1. The number of carbonyl (C=O) groups is 1. The van der Waals surface area contributed by atoms with Gasteiger partial charge in [0.2, 0.25) is 5.91 Å². The van der Waals surface area contributed by atoms with Gasteiger partial charge in [-0.2, -0.15) is 0 Å². The summed E-state index contributed by atoms with van der Waals surface area (Å²) in [6.07, 6.45) is 60.4. The lowest BCUT2D eigenvalue weighted by atomic mass is 10.0. The van der Waals surface area contributed by atoms with Crippen LogP contribution in [0.2, 0.25) is 0 Å². The molecule has 0 bridgehead atoms. The summed E-state index contributed by atoms with van der Waals surface area (Å²) in [5.74, 6) is -0.159. The fraction of sp³-hybridized carbons (Fsp3) is 0.983. The fourth-order valence-electron chi connectivity index (χ4n) is 9.40. The molecule has 2 N–H and O–H groups in total. The van der Waals surface area contributed by atoms with Gasteiger partial charge in [-0.1, -0.05) is 296 Å². The topological polar surface area (TPSA) is 108 Å². The zero-order valence-electron chi connectivity index (χ0n) is 45.9. The predicted octanol–water partition coefficient (Wildman–Crippen LogP) is 17.4. The summed E-state index contributed by atoms with van der Waals surface area (Å²) >= 11 is 0. The molecule has 67 heavy (non-hydrogen) atoms. The molecule has 0 aliphatic heterocycles. The van der Waals surface area contributed by atoms with Gasteiger partial charge < -0.3 is 28.8 Å². The van der Waals surface area contributed by atoms with E-state index in [0.717, 1.165) is 38.5 Å². The standard InChI is InChI=1S/C58H119N2O6P/c1-6-8-10-12-14-16-18-19-20-21-22-23-24-25-26-27-28-29-30-31-32-33-34-35-36-37-38-39-40-41-42-44-46-48-50-52-58(62)59-56(55-66-67(63,64)65-54-53-60(3,4)5)57(61)51-49-47-45-43-17-15-13-11-9-7-2/h56-57,61H,6-55H2,1-5H3,(H-,59,62,63,64)/t56-,57+/m0/s1. The van der Waals surface area contributed by atoms with Crippen LogP contribution in [0.4, 0.5) is 0 Å². The number of phosphoric acid groups is 1. The first-order valence-electron chi connectivity index (χ1n) is 29.9. The van der Waals surface area contributed by atoms with Crippen LogP contribution in [-0.4, -0.2) is 68.5 Å². The molecule has 0 rings (SSSR count). The van der Waals surface area contributed by atoms with Gasteiger partial charge in [-0.15, -0.1) is 0 Å². The van der Waals surface area contributed by atoms with Gasteiger partial charge in [-0.25, -0.2) is 0 Å². The van der Waals surface area contributed by atoms with Crippen molar-refractivity contribution < 1.29 is 32.9 Å². The summed E-state index contributed by atoms with van der Waals surface area (Å²) < 4.78 is 23.3. The van der Waals surface area contributed by atoms with Crippen LogP contribution in [0.5, 0.6) is 0 Å². The number of amides is 1. The normalized spacial score (nSPS) is 13.8. The van der Waals surface area contributed by atoms with E-state index < -0.39 is 20.0 Å². The molecule has 0 aromatic heterocycles. The quantitative estimate of drug-likeness (QED) is 0.0357. The lowest BCUT2D eigenvalue weighted by Crippen LogP contribution is -2.46. The van der Waals surface area contributed by atoms with Gasteiger partial charge in [0.25, 0.3) is 7.82 Å². The van der Waals surface area contributed by atoms with E-state index in [1.807, 2.05) is 21.1 Å². The highest BCUT2D eigenvalue weighted by Gasteiger charge is 2.24. The van der Waals surface area contributed by atoms with Gasteiger partial charge in [0.15, 0.2) is 0 Å². The molecule has 0 saturated carbocycles. The minimum atomic E-state index is -4.56. The Balaban J connectivity index is 3.81. The Bertz CT molecular complexity index is 1060. The van der Waals surface area contributed by atoms with Gasteiger partial charge in [0, 0.05) is 6.42 Å². The summed E-state index contributed by atoms with van der Waals surface area (Å²) in [6.45, 7) is 4.75. The van der Waals surface area contributed by atoms with E-state index in [1.54, 1.807) is 0 Å². The molecule has 0 aromatic carbocycles. The van der Waals surface area contributed by atoms with Crippen molar-refractivity contribution in [3.8, 4) is 0 Å². The van der Waals surface area contributed by atoms with Gasteiger partial charge in [0.1, 0.15) is 13.2 Å². The highest BCUT2D eigenvalue weighted by Crippen LogP contribution is 2.38. The van der Waals surface area contributed by atoms with Crippen LogP contribution in [0.25, 0.3) is 0 Å². The number of hydrogen-bond acceptors (Lipinski definition) is 6. The van der Waals surface area contributed by atoms with Crippen LogP contribution in [0, 0.1) is 0 Å². The number of nitrogens with one attached hydrogen (secondary N) is 1. The number of hydrogen-bond donors (Lipinski definition) is 2. The average molecular weight is 972 g/mol. The molecule has 1 unspecified atom stereocenters. The van der Waals surface area contributed by atoms with Gasteiger partial charge in [-0.3, -0.25) is 9.36 Å². The molecule has 0 aliphatic carbocycles. The second kappa shape index (κ2) is 50.4. The monoisotopic (exact) mass is 971 g/mol. The number of aliphatic hydroxyl groups excluding tert-OH is 1. The Morgan fingerprint density at radius 3 is 1.01 bits per heavy atom. The maximum absolute atomic E-state index is 12.9. The van der Waals surface area contributed by atoms with Crippen molar-refractivity contribution in [3.63, 3.8) is 0 Å². The number of phosphoric ester groups is 1. The lowest BCUT2D eigenvalue weighted by molar-refractivity contribution is -0.870. The molecule has 402 valence electrons. The fourth-order valence-corrected chi connectivity index (χ4v) is 10.1. The van der Waals surface area contributed by atoms with Gasteiger partial charge in [-0.05, 0) is 12.8 Å². The van der Waals surface area contributed by atoms with E-state index in [4.69, 9.17) is 9.05 Å². The number of rotatable bonds is 56. The van der Waals surface area contributed by atoms with Crippen LogP contribution >= 0.6 is 7.82 Å². The molecule has 1 amide bonds. The number of carbonyl (C=O) groups excluding carboxylic acids is 1. The zero-order valence-corrected chi connectivity index (χ0v) is 46.8. The molecule has 0 radical (unpaired) electrons. The van der Waals surface area contributed by atoms with Crippen LogP contribution < -0.4 is 10.2 Å². The Morgan fingerprint density at radius 1 is 0.463 bits per heavy atom. The number of nitrogens with zero attached hydrogens (tertiary/aromatic N) is 1. The third-order valence-corrected chi connectivity index (χ3v) is 15.1. The van der Waals surface area contributed by atoms with Crippen molar-refractivity contribution in [3.05, 3.63) is 0 Å². The number of unbranched alkanes of at least 4 members (excludes halogenated alkanes) is 43. The molecular formula is C58H119N2O6P. The molecular weight excluding hydrogens is 852 g/mol. The Morgan fingerprint density at radius 2 is 0.731 bits per heavy atom. The first-order valence-corrected chi connectivity index (χ1v) is 31.3. The smallest absolute Gasteiger partial charge is 0.268 e. The van der Waals surface area contributed by atoms with E-state index in [0.29, 0.717) is 23.9 Å². The van der Waals surface area contributed by atoms with Gasteiger partial charge >= 0.3 is 0 Å². The second-order valence-corrected chi connectivity index (χ2v) is 23.5. The van der Waals surface area contributed by atoms with Crippen LogP contribution in [0.15, 0.2) is 0 Å². The Hall–Kier alpha value is -0.500. The summed E-state index contributed by atoms with van der Waals surface area (Å²) in [6, 6.07) is -0.793. The van der Waals surface area contributed by atoms with E-state index in [9.17, 15) is 19.4 Å². The minimum Gasteiger partial charge on any atom is -0.756 e. The second-order valence-electron chi connectivity index (χ2n) is 22.1. The maximum Gasteiger partial charge on any atom is 0.268 e. The van der Waals surface area contributed by atoms with E-state index >= 15 is 0 Å². The van der Waals surface area contributed by atoms with Crippen molar-refractivity contribution in [1.29, 1.82) is 0 Å². The lowest BCUT2D eigenvalue weighted by Gasteiger charge is -2.30. The number of likely N-dealkylation sites (N-methyl/N-ethyl adjacent to an activating group) is 1. The maximum atomic E-state index is 12.9. The van der Waals surface area contributed by atoms with Crippen LogP contribution in [0.3, 0.4) is 0 Å². The summed E-state index contributed by atoms with van der Waals surface area (Å²) in [4.78, 5) is 25.4. The van der Waals surface area contributed by atoms with Crippen molar-refractivity contribution in [2.24, 2.45) is 0 Å². The first-order chi connectivity index (χ1) is 32.5. The molecule has 8 nitrogen and oxygen atoms in total. The Labute approximate surface area is 419 Å².